The van der Waals surface area contributed by atoms with Gasteiger partial charge >= 0.3 is 0 Å². The monoisotopic (exact) mass is 797 g/mol. The number of carbonyl (C=O) groups excluding carboxylic acids is 3. The first-order chi connectivity index (χ1) is 27.0. The van der Waals surface area contributed by atoms with Crippen LogP contribution in [0.4, 0.5) is 33.2 Å². The zero-order valence-corrected chi connectivity index (χ0v) is 33.5. The molecule has 4 heterocycles. The van der Waals surface area contributed by atoms with Crippen LogP contribution in [0.3, 0.4) is 0 Å². The summed E-state index contributed by atoms with van der Waals surface area (Å²) in [6, 6.07) is 17.5. The minimum atomic E-state index is -3.71. The number of aromatic nitrogens is 2. The zero-order chi connectivity index (χ0) is 40.6. The molecule has 2 fully saturated rings. The Morgan fingerprint density at radius 1 is 0.965 bits per heavy atom. The summed E-state index contributed by atoms with van der Waals surface area (Å²) in [5.74, 6) is -1.04. The molecular formula is C41H48FN9O5S. The topological polar surface area (TPSA) is 169 Å². The Labute approximate surface area is 332 Å². The van der Waals surface area contributed by atoms with Crippen molar-refractivity contribution in [2.45, 2.75) is 89.0 Å². The molecule has 4 N–H and O–H groups in total. The predicted molar refractivity (Wildman–Crippen MR) is 215 cm³/mol. The van der Waals surface area contributed by atoms with E-state index in [1.165, 1.54) is 11.0 Å². The van der Waals surface area contributed by atoms with Gasteiger partial charge in [0, 0.05) is 73.0 Å². The minimum Gasteiger partial charge on any atom is -0.371 e. The number of halogens is 1. The molecule has 1 aromatic heterocycles. The Morgan fingerprint density at radius 2 is 1.70 bits per heavy atom. The number of amides is 3. The van der Waals surface area contributed by atoms with Gasteiger partial charge < -0.3 is 20.4 Å². The summed E-state index contributed by atoms with van der Waals surface area (Å²) in [6.45, 7) is 9.61. The minimum absolute atomic E-state index is 0.0108. The number of benzene rings is 3. The van der Waals surface area contributed by atoms with Crippen molar-refractivity contribution in [1.82, 2.24) is 29.8 Å². The van der Waals surface area contributed by atoms with Gasteiger partial charge in [0.05, 0.1) is 10.5 Å². The molecule has 14 nitrogen and oxygen atoms in total. The van der Waals surface area contributed by atoms with Gasteiger partial charge in [-0.25, -0.2) is 22.5 Å². The van der Waals surface area contributed by atoms with Crippen molar-refractivity contribution in [3.63, 3.8) is 0 Å². The maximum atomic E-state index is 15.3. The molecular weight excluding hydrogens is 750 g/mol. The van der Waals surface area contributed by atoms with Crippen molar-refractivity contribution >= 4 is 56.6 Å². The van der Waals surface area contributed by atoms with Crippen LogP contribution in [0.25, 0.3) is 0 Å². The second-order valence-corrected chi connectivity index (χ2v) is 17.7. The van der Waals surface area contributed by atoms with Crippen molar-refractivity contribution in [3.8, 4) is 0 Å². The van der Waals surface area contributed by atoms with E-state index in [0.29, 0.717) is 29.6 Å². The van der Waals surface area contributed by atoms with E-state index < -0.39 is 39.2 Å². The molecule has 2 saturated heterocycles. The van der Waals surface area contributed by atoms with Crippen molar-refractivity contribution < 1.29 is 27.2 Å². The fourth-order valence-electron chi connectivity index (χ4n) is 7.65. The molecule has 3 amide bonds. The lowest BCUT2D eigenvalue weighted by molar-refractivity contribution is -0.136. The maximum Gasteiger partial charge on any atom is 0.258 e. The van der Waals surface area contributed by atoms with Gasteiger partial charge in [-0.15, -0.1) is 0 Å². The fraction of sp³-hybridized carbons (Fsp3) is 0.390. The lowest BCUT2D eigenvalue weighted by Gasteiger charge is -2.38. The summed E-state index contributed by atoms with van der Waals surface area (Å²) >= 11 is 0. The van der Waals surface area contributed by atoms with Crippen molar-refractivity contribution in [2.75, 3.05) is 35.7 Å². The van der Waals surface area contributed by atoms with Crippen LogP contribution in [0.15, 0.2) is 71.8 Å². The highest BCUT2D eigenvalue weighted by molar-refractivity contribution is 7.89. The number of rotatable bonds is 11. The fourth-order valence-corrected chi connectivity index (χ4v) is 9.11. The van der Waals surface area contributed by atoms with Gasteiger partial charge in [0.2, 0.25) is 27.8 Å². The van der Waals surface area contributed by atoms with Crippen LogP contribution in [-0.4, -0.2) is 83.7 Å². The highest BCUT2D eigenvalue weighted by atomic mass is 32.2. The van der Waals surface area contributed by atoms with Crippen LogP contribution in [0.5, 0.6) is 0 Å². The van der Waals surface area contributed by atoms with Gasteiger partial charge in [-0.3, -0.25) is 24.6 Å². The van der Waals surface area contributed by atoms with Crippen molar-refractivity contribution in [2.24, 2.45) is 0 Å². The number of imide groups is 1. The number of anilines is 5. The first-order valence-electron chi connectivity index (χ1n) is 19.1. The highest BCUT2D eigenvalue weighted by Gasteiger charge is 2.40. The largest absolute Gasteiger partial charge is 0.371 e. The molecule has 4 aromatic rings. The number of hydrogen-bond donors (Lipinski definition) is 4. The van der Waals surface area contributed by atoms with Gasteiger partial charge in [0.25, 0.3) is 5.91 Å². The van der Waals surface area contributed by atoms with E-state index in [2.05, 4.69) is 52.6 Å². The molecule has 0 saturated carbocycles. The van der Waals surface area contributed by atoms with Gasteiger partial charge in [-0.05, 0) is 114 Å². The standard InChI is InChI=1S/C41H48FN9O5S/c1-25-22-43-40(47-37(25)44-29-7-6-8-32(21-29)57(55,56)48-41(2,3)4)45-28-9-11-31(12-10-28)50-17-15-30(16-18-50)49(5)23-26-19-27-24-51(39(54)36(27)33(42)20-26)34-13-14-35(52)46-38(34)53/h6-12,19-22,30,34,48H,13-18,23-24H2,1-5H3,(H,46,52,53)(H2,43,44,45,47). The summed E-state index contributed by atoms with van der Waals surface area (Å²) in [6.07, 6.45) is 3.91. The highest BCUT2D eigenvalue weighted by Crippen LogP contribution is 2.32. The third kappa shape index (κ3) is 9.08. The van der Waals surface area contributed by atoms with Crippen LogP contribution in [-0.2, 0) is 32.7 Å². The van der Waals surface area contributed by atoms with Crippen LogP contribution in [0, 0.1) is 12.7 Å². The van der Waals surface area contributed by atoms with Gasteiger partial charge in [0.1, 0.15) is 17.7 Å². The van der Waals surface area contributed by atoms with Gasteiger partial charge in [0.15, 0.2) is 0 Å². The van der Waals surface area contributed by atoms with E-state index in [-0.39, 0.29) is 41.8 Å². The second kappa shape index (κ2) is 15.8. The number of hydrogen-bond acceptors (Lipinski definition) is 11. The number of carbonyl (C=O) groups is 3. The molecule has 0 bridgehead atoms. The molecule has 3 aliphatic rings. The average molecular weight is 798 g/mol. The summed E-state index contributed by atoms with van der Waals surface area (Å²) in [7, 11) is -1.67. The second-order valence-electron chi connectivity index (χ2n) is 16.1. The Bertz CT molecular complexity index is 2310. The van der Waals surface area contributed by atoms with Gasteiger partial charge in [-0.1, -0.05) is 12.1 Å². The quantitative estimate of drug-likeness (QED) is 0.145. The number of sulfonamides is 1. The Hall–Kier alpha value is -5.45. The lowest BCUT2D eigenvalue weighted by Crippen LogP contribution is -2.52. The molecule has 16 heteroatoms. The van der Waals surface area contributed by atoms with Crippen LogP contribution >= 0.6 is 0 Å². The van der Waals surface area contributed by atoms with Crippen molar-refractivity contribution in [1.29, 1.82) is 0 Å². The maximum absolute atomic E-state index is 15.3. The van der Waals surface area contributed by atoms with Crippen molar-refractivity contribution in [3.05, 3.63) is 94.9 Å². The Kier molecular flexibility index (Phi) is 11.0. The van der Waals surface area contributed by atoms with E-state index in [4.69, 9.17) is 0 Å². The molecule has 300 valence electrons. The Balaban J connectivity index is 0.924. The smallest absolute Gasteiger partial charge is 0.258 e. The normalized spacial score (nSPS) is 17.9. The number of aryl methyl sites for hydroxylation is 1. The predicted octanol–water partition coefficient (Wildman–Crippen LogP) is 5.35. The molecule has 1 unspecified atom stereocenters. The van der Waals surface area contributed by atoms with E-state index in [9.17, 15) is 22.8 Å². The molecule has 3 aliphatic heterocycles. The number of nitrogens with zero attached hydrogens (tertiary/aromatic N) is 5. The van der Waals surface area contributed by atoms with Crippen LogP contribution in [0.2, 0.25) is 0 Å². The van der Waals surface area contributed by atoms with Crippen LogP contribution < -0.4 is 25.6 Å². The SMILES string of the molecule is Cc1cnc(Nc2ccc(N3CCC(N(C)Cc4cc(F)c5c(c4)CN(C4CCC(=O)NC4=O)C5=O)CC3)cc2)nc1Nc1cccc(S(=O)(=O)NC(C)(C)C)c1. The summed E-state index contributed by atoms with van der Waals surface area (Å²) in [5.41, 5.74) is 4.01. The number of piperidine rings is 2. The average Bonchev–Trinajstić information content (AvgIpc) is 3.48. The molecule has 7 rings (SSSR count). The molecule has 3 aromatic carbocycles. The third-order valence-corrected chi connectivity index (χ3v) is 12.2. The first kappa shape index (κ1) is 39.8. The third-order valence-electron chi connectivity index (χ3n) is 10.5. The van der Waals surface area contributed by atoms with E-state index in [1.54, 1.807) is 51.2 Å². The Morgan fingerprint density at radius 3 is 2.40 bits per heavy atom. The first-order valence-corrected chi connectivity index (χ1v) is 20.5. The van der Waals surface area contributed by atoms with E-state index >= 15 is 4.39 Å². The van der Waals surface area contributed by atoms with E-state index in [1.807, 2.05) is 32.2 Å². The van der Waals surface area contributed by atoms with Gasteiger partial charge in [-0.2, -0.15) is 4.98 Å². The molecule has 57 heavy (non-hydrogen) atoms. The number of fused-ring (bicyclic) bond motifs is 1. The zero-order valence-electron chi connectivity index (χ0n) is 32.7. The molecule has 1 atom stereocenters. The lowest BCUT2D eigenvalue weighted by atomic mass is 10.0. The van der Waals surface area contributed by atoms with E-state index in [0.717, 1.165) is 48.4 Å². The molecule has 0 radical (unpaired) electrons. The summed E-state index contributed by atoms with van der Waals surface area (Å²) in [5, 5.41) is 8.79. The number of nitrogens with one attached hydrogen (secondary N) is 4. The summed E-state index contributed by atoms with van der Waals surface area (Å²) in [4.78, 5) is 52.3. The van der Waals surface area contributed by atoms with Crippen LogP contribution in [0.1, 0.15) is 73.5 Å². The molecule has 0 aliphatic carbocycles. The summed E-state index contributed by atoms with van der Waals surface area (Å²) < 4.78 is 43.8. The molecule has 0 spiro atoms.